The van der Waals surface area contributed by atoms with Crippen LogP contribution in [0.4, 0.5) is 0 Å². The Morgan fingerprint density at radius 2 is 1.61 bits per heavy atom. The molecule has 5 nitrogen and oxygen atoms in total. The highest BCUT2D eigenvalue weighted by molar-refractivity contribution is 5.87. The van der Waals surface area contributed by atoms with Crippen LogP contribution >= 0.6 is 0 Å². The Bertz CT molecular complexity index is 294. The lowest BCUT2D eigenvalue weighted by molar-refractivity contribution is -0.160. The van der Waals surface area contributed by atoms with Gasteiger partial charge in [0.05, 0.1) is 0 Å². The van der Waals surface area contributed by atoms with Crippen molar-refractivity contribution in [3.05, 3.63) is 0 Å². The number of rotatable bonds is 5. The van der Waals surface area contributed by atoms with E-state index in [0.717, 1.165) is 0 Å². The molecule has 0 rings (SSSR count). The van der Waals surface area contributed by atoms with E-state index in [2.05, 4.69) is 5.32 Å². The lowest BCUT2D eigenvalue weighted by Crippen LogP contribution is -2.50. The first-order valence-electron chi connectivity index (χ1n) is 6.14. The zero-order valence-corrected chi connectivity index (χ0v) is 12.4. The number of esters is 1. The van der Waals surface area contributed by atoms with Crippen molar-refractivity contribution in [1.29, 1.82) is 0 Å². The van der Waals surface area contributed by atoms with Crippen LogP contribution in [0.15, 0.2) is 0 Å². The van der Waals surface area contributed by atoms with Crippen molar-refractivity contribution in [2.24, 2.45) is 5.92 Å². The standard InChI is InChI=1S/C13H25NO4/c1-8(2)10(12(16)18-13(4,5)6)14-11(15)9(3)17-7/h8-10H,1-7H3,(H,14,15)/t9?,10-/m0/s1. The molecule has 0 aromatic rings. The number of methoxy groups -OCH3 is 1. The van der Waals surface area contributed by atoms with Crippen LogP contribution in [0.25, 0.3) is 0 Å². The van der Waals surface area contributed by atoms with Crippen LogP contribution in [-0.2, 0) is 19.1 Å². The van der Waals surface area contributed by atoms with E-state index in [1.807, 2.05) is 13.8 Å². The van der Waals surface area contributed by atoms with Crippen LogP contribution < -0.4 is 5.32 Å². The first kappa shape index (κ1) is 16.9. The molecule has 0 aromatic carbocycles. The van der Waals surface area contributed by atoms with Crippen molar-refractivity contribution in [2.45, 2.75) is 59.3 Å². The molecule has 0 radical (unpaired) electrons. The van der Waals surface area contributed by atoms with Crippen LogP contribution in [-0.4, -0.2) is 36.7 Å². The average molecular weight is 259 g/mol. The number of amides is 1. The molecule has 0 heterocycles. The van der Waals surface area contributed by atoms with Gasteiger partial charge in [0.2, 0.25) is 5.91 Å². The van der Waals surface area contributed by atoms with Gasteiger partial charge in [-0.3, -0.25) is 4.79 Å². The molecule has 0 bridgehead atoms. The van der Waals surface area contributed by atoms with Gasteiger partial charge in [-0.2, -0.15) is 0 Å². The Morgan fingerprint density at radius 3 is 1.94 bits per heavy atom. The summed E-state index contributed by atoms with van der Waals surface area (Å²) in [6.07, 6.45) is -0.589. The second kappa shape index (κ2) is 6.73. The van der Waals surface area contributed by atoms with Gasteiger partial charge in [0.15, 0.2) is 0 Å². The first-order chi connectivity index (χ1) is 8.08. The summed E-state index contributed by atoms with van der Waals surface area (Å²) in [5.74, 6) is -0.788. The normalized spacial score (nSPS) is 15.1. The zero-order chi connectivity index (χ0) is 14.5. The minimum absolute atomic E-state index is 0.0483. The van der Waals surface area contributed by atoms with E-state index in [1.54, 1.807) is 27.7 Å². The van der Waals surface area contributed by atoms with E-state index >= 15 is 0 Å². The zero-order valence-electron chi connectivity index (χ0n) is 12.4. The van der Waals surface area contributed by atoms with Crippen LogP contribution in [0.2, 0.25) is 0 Å². The molecule has 0 fully saturated rings. The first-order valence-corrected chi connectivity index (χ1v) is 6.14. The number of ether oxygens (including phenoxy) is 2. The Hall–Kier alpha value is -1.10. The van der Waals surface area contributed by atoms with Gasteiger partial charge in [0, 0.05) is 7.11 Å². The van der Waals surface area contributed by atoms with E-state index in [0.29, 0.717) is 0 Å². The van der Waals surface area contributed by atoms with Gasteiger partial charge in [0.1, 0.15) is 17.7 Å². The molecule has 18 heavy (non-hydrogen) atoms. The van der Waals surface area contributed by atoms with Crippen molar-refractivity contribution in [3.8, 4) is 0 Å². The number of nitrogens with one attached hydrogen (secondary N) is 1. The summed E-state index contributed by atoms with van der Waals surface area (Å²) in [4.78, 5) is 23.7. The smallest absolute Gasteiger partial charge is 0.329 e. The predicted molar refractivity (Wildman–Crippen MR) is 69.1 cm³/mol. The summed E-state index contributed by atoms with van der Waals surface area (Å²) in [5.41, 5.74) is -0.568. The molecule has 0 spiro atoms. The highest BCUT2D eigenvalue weighted by atomic mass is 16.6. The lowest BCUT2D eigenvalue weighted by Gasteiger charge is -2.27. The summed E-state index contributed by atoms with van der Waals surface area (Å²) < 4.78 is 10.2. The third-order valence-corrected chi connectivity index (χ3v) is 2.35. The minimum atomic E-state index is -0.658. The molecule has 2 atom stereocenters. The van der Waals surface area contributed by atoms with Crippen LogP contribution in [0.1, 0.15) is 41.5 Å². The average Bonchev–Trinajstić information content (AvgIpc) is 2.21. The van der Waals surface area contributed by atoms with Crippen molar-refractivity contribution in [1.82, 2.24) is 5.32 Å². The topological polar surface area (TPSA) is 64.6 Å². The quantitative estimate of drug-likeness (QED) is 0.760. The van der Waals surface area contributed by atoms with E-state index in [4.69, 9.17) is 9.47 Å². The fraction of sp³-hybridized carbons (Fsp3) is 0.846. The minimum Gasteiger partial charge on any atom is -0.458 e. The molecule has 0 aliphatic rings. The van der Waals surface area contributed by atoms with Gasteiger partial charge in [-0.15, -0.1) is 0 Å². The lowest BCUT2D eigenvalue weighted by atomic mass is 10.0. The largest absolute Gasteiger partial charge is 0.458 e. The van der Waals surface area contributed by atoms with Gasteiger partial charge >= 0.3 is 5.97 Å². The van der Waals surface area contributed by atoms with Crippen LogP contribution in [0.5, 0.6) is 0 Å². The Balaban J connectivity index is 4.68. The van der Waals surface area contributed by atoms with Crippen LogP contribution in [0.3, 0.4) is 0 Å². The molecule has 1 unspecified atom stereocenters. The Kier molecular flexibility index (Phi) is 6.32. The SMILES string of the molecule is COC(C)C(=O)N[C@H](C(=O)OC(C)(C)C)C(C)C. The third kappa shape index (κ3) is 6.00. The highest BCUT2D eigenvalue weighted by Crippen LogP contribution is 2.12. The summed E-state index contributed by atoms with van der Waals surface area (Å²) in [6, 6.07) is -0.658. The molecule has 0 saturated heterocycles. The molecule has 0 aliphatic heterocycles. The second-order valence-corrected chi connectivity index (χ2v) is 5.64. The van der Waals surface area contributed by atoms with Crippen molar-refractivity contribution in [3.63, 3.8) is 0 Å². The van der Waals surface area contributed by atoms with E-state index in [-0.39, 0.29) is 11.8 Å². The van der Waals surface area contributed by atoms with E-state index in [9.17, 15) is 9.59 Å². The number of carbonyl (C=O) groups excluding carboxylic acids is 2. The maximum atomic E-state index is 12.0. The highest BCUT2D eigenvalue weighted by Gasteiger charge is 2.30. The molecule has 1 N–H and O–H groups in total. The van der Waals surface area contributed by atoms with Gasteiger partial charge in [-0.25, -0.2) is 4.79 Å². The fourth-order valence-corrected chi connectivity index (χ4v) is 1.24. The molecule has 0 aromatic heterocycles. The molecular formula is C13H25NO4. The van der Waals surface area contributed by atoms with E-state index in [1.165, 1.54) is 7.11 Å². The molecule has 106 valence electrons. The van der Waals surface area contributed by atoms with Gasteiger partial charge < -0.3 is 14.8 Å². The maximum Gasteiger partial charge on any atom is 0.329 e. The summed E-state index contributed by atoms with van der Waals surface area (Å²) >= 11 is 0. The monoisotopic (exact) mass is 259 g/mol. The fourth-order valence-electron chi connectivity index (χ4n) is 1.24. The summed E-state index contributed by atoms with van der Waals surface area (Å²) in [5, 5.41) is 2.65. The third-order valence-electron chi connectivity index (χ3n) is 2.35. The Morgan fingerprint density at radius 1 is 1.11 bits per heavy atom. The number of hydrogen-bond acceptors (Lipinski definition) is 4. The Labute approximate surface area is 109 Å². The van der Waals surface area contributed by atoms with Crippen molar-refractivity contribution >= 4 is 11.9 Å². The van der Waals surface area contributed by atoms with Gasteiger partial charge in [0.25, 0.3) is 0 Å². The maximum absolute atomic E-state index is 12.0. The molecule has 0 saturated carbocycles. The predicted octanol–water partition coefficient (Wildman–Crippen LogP) is 1.50. The molecule has 5 heteroatoms. The second-order valence-electron chi connectivity index (χ2n) is 5.64. The van der Waals surface area contributed by atoms with Crippen molar-refractivity contribution < 1.29 is 19.1 Å². The van der Waals surface area contributed by atoms with Crippen LogP contribution in [0, 0.1) is 5.92 Å². The molecule has 0 aliphatic carbocycles. The molecule has 1 amide bonds. The summed E-state index contributed by atoms with van der Waals surface area (Å²) in [7, 11) is 1.45. The number of carbonyl (C=O) groups is 2. The van der Waals surface area contributed by atoms with Gasteiger partial charge in [-0.05, 0) is 33.6 Å². The number of hydrogen-bond donors (Lipinski definition) is 1. The van der Waals surface area contributed by atoms with Crippen molar-refractivity contribution in [2.75, 3.05) is 7.11 Å². The van der Waals surface area contributed by atoms with E-state index < -0.39 is 23.7 Å². The van der Waals surface area contributed by atoms with Gasteiger partial charge in [-0.1, -0.05) is 13.8 Å². The summed E-state index contributed by atoms with van der Waals surface area (Å²) in [6.45, 7) is 10.7. The molecular weight excluding hydrogens is 234 g/mol.